The third kappa shape index (κ3) is 3.70. The minimum Gasteiger partial charge on any atom is -0.379 e. The molecule has 4 aliphatic rings. The van der Waals surface area contributed by atoms with E-state index in [0.717, 1.165) is 65.2 Å². The van der Waals surface area contributed by atoms with E-state index < -0.39 is 0 Å². The Hall–Kier alpha value is -0.850. The Morgan fingerprint density at radius 2 is 2.00 bits per heavy atom. The second-order valence-electron chi connectivity index (χ2n) is 7.79. The van der Waals surface area contributed by atoms with E-state index in [0.29, 0.717) is 24.2 Å². The van der Waals surface area contributed by atoms with Crippen LogP contribution in [0.15, 0.2) is 0 Å². The molecule has 3 unspecified atom stereocenters. The molecule has 0 spiro atoms. The van der Waals surface area contributed by atoms with Crippen molar-refractivity contribution in [3.8, 4) is 0 Å². The molecule has 24 heavy (non-hydrogen) atoms. The summed E-state index contributed by atoms with van der Waals surface area (Å²) in [5.41, 5.74) is 0. The minimum absolute atomic E-state index is 0.134. The molecule has 6 heteroatoms. The van der Waals surface area contributed by atoms with Gasteiger partial charge in [0.2, 0.25) is 0 Å². The summed E-state index contributed by atoms with van der Waals surface area (Å²) in [5.74, 6) is 0.659. The number of morpholine rings is 1. The fourth-order valence-corrected chi connectivity index (χ4v) is 4.89. The van der Waals surface area contributed by atoms with Crippen LogP contribution in [0.5, 0.6) is 0 Å². The lowest BCUT2D eigenvalue weighted by Gasteiger charge is -2.33. The summed E-state index contributed by atoms with van der Waals surface area (Å²) >= 11 is 0. The minimum atomic E-state index is 0.134. The van der Waals surface area contributed by atoms with Crippen LogP contribution in [0.3, 0.4) is 0 Å². The molecule has 0 radical (unpaired) electrons. The van der Waals surface area contributed by atoms with Crippen molar-refractivity contribution in [3.63, 3.8) is 0 Å². The first kappa shape index (κ1) is 16.6. The van der Waals surface area contributed by atoms with Crippen molar-refractivity contribution in [2.45, 2.75) is 56.8 Å². The highest BCUT2D eigenvalue weighted by atomic mass is 16.5. The average molecular weight is 337 g/mol. The van der Waals surface area contributed by atoms with Crippen molar-refractivity contribution < 1.29 is 14.3 Å². The van der Waals surface area contributed by atoms with Gasteiger partial charge in [0.15, 0.2) is 0 Å². The van der Waals surface area contributed by atoms with Crippen LogP contribution >= 0.6 is 0 Å². The highest BCUT2D eigenvalue weighted by Crippen LogP contribution is 2.40. The summed E-state index contributed by atoms with van der Waals surface area (Å²) in [6.45, 7) is 6.33. The topological polar surface area (TPSA) is 54.0 Å². The first-order valence-corrected chi connectivity index (χ1v) is 9.79. The summed E-state index contributed by atoms with van der Waals surface area (Å²) < 4.78 is 11.3. The van der Waals surface area contributed by atoms with E-state index in [-0.39, 0.29) is 6.03 Å². The molecule has 4 aliphatic heterocycles. The monoisotopic (exact) mass is 337 g/mol. The molecule has 6 nitrogen and oxygen atoms in total. The number of amides is 2. The number of carbonyl (C=O) groups is 1. The third-order valence-corrected chi connectivity index (χ3v) is 6.23. The van der Waals surface area contributed by atoms with Crippen molar-refractivity contribution in [1.82, 2.24) is 15.1 Å². The van der Waals surface area contributed by atoms with Crippen LogP contribution in [-0.2, 0) is 9.47 Å². The van der Waals surface area contributed by atoms with Gasteiger partial charge in [0.25, 0.3) is 0 Å². The predicted molar refractivity (Wildman–Crippen MR) is 91.0 cm³/mol. The predicted octanol–water partition coefficient (Wildman–Crippen LogP) is 1.45. The second kappa shape index (κ2) is 7.58. The fraction of sp³-hybridized carbons (Fsp3) is 0.944. The molecule has 0 aromatic rings. The van der Waals surface area contributed by atoms with Crippen molar-refractivity contribution in [2.75, 3.05) is 45.9 Å². The normalized spacial score (nSPS) is 36.4. The van der Waals surface area contributed by atoms with Crippen LogP contribution in [0.2, 0.25) is 0 Å². The molecule has 4 rings (SSSR count). The number of hydrogen-bond donors (Lipinski definition) is 1. The molecule has 2 bridgehead atoms. The van der Waals surface area contributed by atoms with Gasteiger partial charge >= 0.3 is 6.03 Å². The molecule has 4 saturated heterocycles. The van der Waals surface area contributed by atoms with Gasteiger partial charge in [-0.3, -0.25) is 4.90 Å². The van der Waals surface area contributed by atoms with Crippen molar-refractivity contribution >= 4 is 6.03 Å². The third-order valence-electron chi connectivity index (χ3n) is 6.23. The van der Waals surface area contributed by atoms with E-state index in [9.17, 15) is 4.79 Å². The lowest BCUT2D eigenvalue weighted by Crippen LogP contribution is -2.49. The molecule has 136 valence electrons. The standard InChI is InChI=1S/C18H31N3O3/c22-18(19-6-5-14-12-16-3-4-17(14)24-16)21-7-1-2-15(21)13-20-8-10-23-11-9-20/h14-17H,1-13H2,(H,19,22)/t14?,15-,16?,17?/m0/s1. The van der Waals surface area contributed by atoms with Gasteiger partial charge < -0.3 is 19.7 Å². The zero-order valence-electron chi connectivity index (χ0n) is 14.6. The molecule has 0 aromatic heterocycles. The Kier molecular flexibility index (Phi) is 5.25. The summed E-state index contributed by atoms with van der Waals surface area (Å²) in [6, 6.07) is 0.503. The number of carbonyl (C=O) groups excluding carboxylic acids is 1. The maximum absolute atomic E-state index is 12.6. The van der Waals surface area contributed by atoms with Crippen LogP contribution in [0.25, 0.3) is 0 Å². The number of fused-ring (bicyclic) bond motifs is 2. The second-order valence-corrected chi connectivity index (χ2v) is 7.79. The fourth-order valence-electron chi connectivity index (χ4n) is 4.89. The van der Waals surface area contributed by atoms with Crippen LogP contribution < -0.4 is 5.32 Å². The van der Waals surface area contributed by atoms with Gasteiger partial charge in [-0.25, -0.2) is 4.79 Å². The number of urea groups is 1. The first-order chi connectivity index (χ1) is 11.8. The van der Waals surface area contributed by atoms with E-state index in [4.69, 9.17) is 9.47 Å². The molecule has 4 fully saturated rings. The summed E-state index contributed by atoms with van der Waals surface area (Å²) in [6.07, 6.45) is 7.95. The molecular formula is C18H31N3O3. The average Bonchev–Trinajstić information content (AvgIpc) is 3.32. The lowest BCUT2D eigenvalue weighted by molar-refractivity contribution is 0.0292. The van der Waals surface area contributed by atoms with Crippen LogP contribution in [0.1, 0.15) is 38.5 Å². The van der Waals surface area contributed by atoms with E-state index in [1.807, 2.05) is 0 Å². The Morgan fingerprint density at radius 3 is 2.75 bits per heavy atom. The number of nitrogens with one attached hydrogen (secondary N) is 1. The first-order valence-electron chi connectivity index (χ1n) is 9.79. The zero-order valence-corrected chi connectivity index (χ0v) is 14.6. The Morgan fingerprint density at radius 1 is 1.12 bits per heavy atom. The maximum atomic E-state index is 12.6. The number of hydrogen-bond acceptors (Lipinski definition) is 4. The van der Waals surface area contributed by atoms with E-state index in [2.05, 4.69) is 15.1 Å². The summed E-state index contributed by atoms with van der Waals surface area (Å²) in [7, 11) is 0. The Labute approximate surface area is 144 Å². The van der Waals surface area contributed by atoms with Crippen molar-refractivity contribution in [3.05, 3.63) is 0 Å². The molecule has 1 N–H and O–H groups in total. The van der Waals surface area contributed by atoms with Crippen molar-refractivity contribution in [2.24, 2.45) is 5.92 Å². The number of rotatable bonds is 5. The number of likely N-dealkylation sites (tertiary alicyclic amines) is 1. The van der Waals surface area contributed by atoms with Crippen molar-refractivity contribution in [1.29, 1.82) is 0 Å². The highest BCUT2D eigenvalue weighted by Gasteiger charge is 2.40. The van der Waals surface area contributed by atoms with Gasteiger partial charge in [0.05, 0.1) is 25.4 Å². The summed E-state index contributed by atoms with van der Waals surface area (Å²) in [5, 5.41) is 3.17. The largest absolute Gasteiger partial charge is 0.379 e. The van der Waals surface area contributed by atoms with Gasteiger partial charge in [0, 0.05) is 38.8 Å². The number of ether oxygens (including phenoxy) is 2. The van der Waals surface area contributed by atoms with E-state index in [1.54, 1.807) is 0 Å². The smallest absolute Gasteiger partial charge is 0.317 e. The molecule has 0 aliphatic carbocycles. The molecule has 0 saturated carbocycles. The van der Waals surface area contributed by atoms with Crippen LogP contribution in [0.4, 0.5) is 4.79 Å². The SMILES string of the molecule is O=C(NCCC1CC2CCC1O2)N1CCC[C@H]1CN1CCOCC1. The van der Waals surface area contributed by atoms with Crippen LogP contribution in [0, 0.1) is 5.92 Å². The van der Waals surface area contributed by atoms with E-state index in [1.165, 1.54) is 19.3 Å². The maximum Gasteiger partial charge on any atom is 0.317 e. The molecule has 4 atom stereocenters. The molecule has 4 heterocycles. The van der Waals surface area contributed by atoms with Gasteiger partial charge in [-0.1, -0.05) is 0 Å². The quantitative estimate of drug-likeness (QED) is 0.825. The van der Waals surface area contributed by atoms with Gasteiger partial charge in [-0.2, -0.15) is 0 Å². The van der Waals surface area contributed by atoms with Crippen LogP contribution in [-0.4, -0.2) is 80.0 Å². The number of nitrogens with zero attached hydrogens (tertiary/aromatic N) is 2. The van der Waals surface area contributed by atoms with Gasteiger partial charge in [-0.05, 0) is 44.4 Å². The van der Waals surface area contributed by atoms with Gasteiger partial charge in [0.1, 0.15) is 0 Å². The Bertz CT molecular complexity index is 441. The molecule has 0 aromatic carbocycles. The molecule has 2 amide bonds. The Balaban J connectivity index is 1.20. The molecular weight excluding hydrogens is 306 g/mol. The highest BCUT2D eigenvalue weighted by molar-refractivity contribution is 5.74. The summed E-state index contributed by atoms with van der Waals surface area (Å²) in [4.78, 5) is 17.1. The van der Waals surface area contributed by atoms with Gasteiger partial charge in [-0.15, -0.1) is 0 Å². The van der Waals surface area contributed by atoms with E-state index >= 15 is 0 Å². The lowest BCUT2D eigenvalue weighted by atomic mass is 9.87. The zero-order chi connectivity index (χ0) is 16.4.